The van der Waals surface area contributed by atoms with Gasteiger partial charge in [0.2, 0.25) is 5.91 Å². The normalized spacial score (nSPS) is 12.0. The Morgan fingerprint density at radius 1 is 1.10 bits per heavy atom. The number of non-ortho nitro benzene ring substituents is 1. The second kappa shape index (κ2) is 9.92. The average Bonchev–Trinajstić information content (AvgIpc) is 2.71. The van der Waals surface area contributed by atoms with Crippen molar-refractivity contribution in [2.45, 2.75) is 26.3 Å². The van der Waals surface area contributed by atoms with Gasteiger partial charge in [-0.2, -0.15) is 5.10 Å². The van der Waals surface area contributed by atoms with Crippen LogP contribution in [0.25, 0.3) is 0 Å². The zero-order chi connectivity index (χ0) is 22.3. The van der Waals surface area contributed by atoms with Crippen molar-refractivity contribution in [2.24, 2.45) is 5.10 Å². The standard InChI is InChI=1S/C20H21N5O5/c1-13(2)20(26)21-18(11-15-7-5-4-6-8-15)14(3)22-23-17-10-9-16(24(27)28)12-19(17)25(29)30/h4-10,12,18,23H,1,11H2,2-3H3,(H,21,26)/b22-14+. The highest BCUT2D eigenvalue weighted by Crippen LogP contribution is 2.29. The van der Waals surface area contributed by atoms with Gasteiger partial charge in [-0.1, -0.05) is 36.9 Å². The Hall–Kier alpha value is -4.08. The first-order chi connectivity index (χ1) is 14.2. The number of amides is 1. The summed E-state index contributed by atoms with van der Waals surface area (Å²) in [6.45, 7) is 6.87. The third-order valence-corrected chi connectivity index (χ3v) is 4.22. The van der Waals surface area contributed by atoms with E-state index in [2.05, 4.69) is 22.4 Å². The van der Waals surface area contributed by atoms with Crippen LogP contribution in [0.15, 0.2) is 65.8 Å². The highest BCUT2D eigenvalue weighted by Gasteiger charge is 2.21. The molecule has 0 aliphatic carbocycles. The summed E-state index contributed by atoms with van der Waals surface area (Å²) < 4.78 is 0. The number of hydrogen-bond donors (Lipinski definition) is 2. The fraction of sp³-hybridized carbons (Fsp3) is 0.200. The molecule has 30 heavy (non-hydrogen) atoms. The molecule has 10 nitrogen and oxygen atoms in total. The quantitative estimate of drug-likeness (QED) is 0.280. The van der Waals surface area contributed by atoms with Gasteiger partial charge in [-0.3, -0.25) is 30.4 Å². The molecule has 2 aromatic rings. The summed E-state index contributed by atoms with van der Waals surface area (Å²) in [4.78, 5) is 32.8. The zero-order valence-electron chi connectivity index (χ0n) is 16.5. The molecule has 0 bridgehead atoms. The highest BCUT2D eigenvalue weighted by atomic mass is 16.6. The van der Waals surface area contributed by atoms with E-state index in [1.807, 2.05) is 30.3 Å². The molecule has 2 N–H and O–H groups in total. The largest absolute Gasteiger partial charge is 0.344 e. The van der Waals surface area contributed by atoms with E-state index in [4.69, 9.17) is 0 Å². The lowest BCUT2D eigenvalue weighted by Gasteiger charge is -2.19. The van der Waals surface area contributed by atoms with Crippen LogP contribution < -0.4 is 10.7 Å². The van der Waals surface area contributed by atoms with Gasteiger partial charge in [-0.05, 0) is 31.9 Å². The molecule has 0 aliphatic rings. The Kier molecular flexibility index (Phi) is 7.34. The van der Waals surface area contributed by atoms with E-state index in [0.29, 0.717) is 17.7 Å². The maximum Gasteiger partial charge on any atom is 0.301 e. The van der Waals surface area contributed by atoms with E-state index < -0.39 is 27.3 Å². The van der Waals surface area contributed by atoms with Gasteiger partial charge in [0, 0.05) is 11.6 Å². The maximum absolute atomic E-state index is 12.1. The van der Waals surface area contributed by atoms with E-state index in [-0.39, 0.29) is 11.6 Å². The smallest absolute Gasteiger partial charge is 0.301 e. The topological polar surface area (TPSA) is 140 Å². The fourth-order valence-electron chi connectivity index (χ4n) is 2.54. The molecule has 0 aliphatic heterocycles. The van der Waals surface area contributed by atoms with Crippen LogP contribution in [-0.4, -0.2) is 27.5 Å². The monoisotopic (exact) mass is 411 g/mol. The third kappa shape index (κ3) is 5.96. The molecule has 2 aromatic carbocycles. The van der Waals surface area contributed by atoms with Gasteiger partial charge in [-0.25, -0.2) is 0 Å². The Balaban J connectivity index is 2.29. The predicted molar refractivity (Wildman–Crippen MR) is 113 cm³/mol. The van der Waals surface area contributed by atoms with Crippen LogP contribution >= 0.6 is 0 Å². The molecule has 1 atom stereocenters. The van der Waals surface area contributed by atoms with Gasteiger partial charge < -0.3 is 5.32 Å². The number of carbonyl (C=O) groups excluding carboxylic acids is 1. The lowest BCUT2D eigenvalue weighted by molar-refractivity contribution is -0.393. The van der Waals surface area contributed by atoms with Gasteiger partial charge >= 0.3 is 5.69 Å². The number of nitro groups is 2. The molecule has 0 saturated heterocycles. The number of hydrogen-bond acceptors (Lipinski definition) is 7. The molecule has 0 saturated carbocycles. The molecule has 1 unspecified atom stereocenters. The summed E-state index contributed by atoms with van der Waals surface area (Å²) in [7, 11) is 0. The number of nitrogens with zero attached hydrogens (tertiary/aromatic N) is 3. The maximum atomic E-state index is 12.1. The predicted octanol–water partition coefficient (Wildman–Crippen LogP) is 3.59. The van der Waals surface area contributed by atoms with Crippen LogP contribution in [0.4, 0.5) is 17.1 Å². The summed E-state index contributed by atoms with van der Waals surface area (Å²) in [6.07, 6.45) is 0.444. The molecular formula is C20H21N5O5. The summed E-state index contributed by atoms with van der Waals surface area (Å²) in [5, 5.41) is 29.1. The third-order valence-electron chi connectivity index (χ3n) is 4.22. The Morgan fingerprint density at radius 2 is 1.77 bits per heavy atom. The van der Waals surface area contributed by atoms with E-state index >= 15 is 0 Å². The van der Waals surface area contributed by atoms with Crippen LogP contribution in [0.1, 0.15) is 19.4 Å². The molecule has 0 radical (unpaired) electrons. The first-order valence-corrected chi connectivity index (χ1v) is 8.92. The van der Waals surface area contributed by atoms with Gasteiger partial charge in [0.1, 0.15) is 5.69 Å². The Bertz CT molecular complexity index is 1000. The average molecular weight is 411 g/mol. The van der Waals surface area contributed by atoms with Crippen LogP contribution in [0.3, 0.4) is 0 Å². The minimum atomic E-state index is -0.732. The van der Waals surface area contributed by atoms with Crippen LogP contribution in [0.2, 0.25) is 0 Å². The van der Waals surface area contributed by atoms with Crippen molar-refractivity contribution in [3.63, 3.8) is 0 Å². The summed E-state index contributed by atoms with van der Waals surface area (Å²) in [5.74, 6) is -0.341. The van der Waals surface area contributed by atoms with Crippen molar-refractivity contribution in [1.82, 2.24) is 5.32 Å². The number of rotatable bonds is 9. The minimum Gasteiger partial charge on any atom is -0.344 e. The first-order valence-electron chi connectivity index (χ1n) is 8.92. The lowest BCUT2D eigenvalue weighted by Crippen LogP contribution is -2.42. The first kappa shape index (κ1) is 22.2. The van der Waals surface area contributed by atoms with E-state index in [1.54, 1.807) is 13.8 Å². The van der Waals surface area contributed by atoms with Gasteiger partial charge in [0.05, 0.1) is 27.7 Å². The van der Waals surface area contributed by atoms with E-state index in [1.165, 1.54) is 6.07 Å². The van der Waals surface area contributed by atoms with Crippen molar-refractivity contribution >= 4 is 28.7 Å². The second-order valence-electron chi connectivity index (χ2n) is 6.58. The minimum absolute atomic E-state index is 0.00496. The number of nitro benzene ring substituents is 2. The van der Waals surface area contributed by atoms with Crippen molar-refractivity contribution in [1.29, 1.82) is 0 Å². The summed E-state index contributed by atoms with van der Waals surface area (Å²) >= 11 is 0. The number of carbonyl (C=O) groups is 1. The second-order valence-corrected chi connectivity index (χ2v) is 6.58. The molecule has 2 rings (SSSR count). The van der Waals surface area contributed by atoms with Crippen LogP contribution in [0, 0.1) is 20.2 Å². The number of benzene rings is 2. The Morgan fingerprint density at radius 3 is 2.33 bits per heavy atom. The van der Waals surface area contributed by atoms with E-state index in [0.717, 1.165) is 17.7 Å². The molecule has 156 valence electrons. The summed E-state index contributed by atoms with van der Waals surface area (Å²) in [6, 6.07) is 12.1. The molecule has 0 aromatic heterocycles. The van der Waals surface area contributed by atoms with E-state index in [9.17, 15) is 25.0 Å². The van der Waals surface area contributed by atoms with Crippen molar-refractivity contribution < 1.29 is 14.6 Å². The molecule has 0 heterocycles. The van der Waals surface area contributed by atoms with Gasteiger partial charge in [-0.15, -0.1) is 0 Å². The Labute approximate surface area is 172 Å². The SMILES string of the molecule is C=C(C)C(=O)NC(Cc1ccccc1)/C(C)=N/Nc1ccc([N+](=O)[O-])cc1[N+](=O)[O-]. The van der Waals surface area contributed by atoms with Crippen molar-refractivity contribution in [2.75, 3.05) is 5.43 Å². The van der Waals surface area contributed by atoms with Crippen LogP contribution in [0.5, 0.6) is 0 Å². The molecule has 10 heteroatoms. The molecule has 1 amide bonds. The number of anilines is 1. The number of nitrogens with one attached hydrogen (secondary N) is 2. The molecule has 0 spiro atoms. The van der Waals surface area contributed by atoms with Crippen molar-refractivity contribution in [3.8, 4) is 0 Å². The zero-order valence-corrected chi connectivity index (χ0v) is 16.5. The fourth-order valence-corrected chi connectivity index (χ4v) is 2.54. The number of hydrazone groups is 1. The molecular weight excluding hydrogens is 390 g/mol. The molecule has 0 fully saturated rings. The van der Waals surface area contributed by atoms with Gasteiger partial charge in [0.25, 0.3) is 5.69 Å². The van der Waals surface area contributed by atoms with Crippen LogP contribution in [-0.2, 0) is 11.2 Å². The van der Waals surface area contributed by atoms with Gasteiger partial charge in [0.15, 0.2) is 0 Å². The summed E-state index contributed by atoms with van der Waals surface area (Å²) in [5.41, 5.74) is 3.45. The highest BCUT2D eigenvalue weighted by molar-refractivity contribution is 5.97. The lowest BCUT2D eigenvalue weighted by atomic mass is 10.0. The van der Waals surface area contributed by atoms with Crippen molar-refractivity contribution in [3.05, 3.63) is 86.5 Å².